The van der Waals surface area contributed by atoms with Crippen LogP contribution in [-0.4, -0.2) is 25.8 Å². The van der Waals surface area contributed by atoms with Crippen molar-refractivity contribution in [3.63, 3.8) is 0 Å². The first-order valence-electron chi connectivity index (χ1n) is 6.05. The van der Waals surface area contributed by atoms with Crippen LogP contribution in [0, 0.1) is 5.41 Å². The van der Waals surface area contributed by atoms with Gasteiger partial charge in [-0.15, -0.1) is 0 Å². The van der Waals surface area contributed by atoms with E-state index in [1.54, 1.807) is 12.1 Å². The van der Waals surface area contributed by atoms with Gasteiger partial charge in [0.25, 0.3) is 0 Å². The van der Waals surface area contributed by atoms with Crippen LogP contribution in [0.1, 0.15) is 35.8 Å². The van der Waals surface area contributed by atoms with Gasteiger partial charge in [-0.2, -0.15) is 0 Å². The van der Waals surface area contributed by atoms with Gasteiger partial charge in [0.15, 0.2) is 0 Å². The Labute approximate surface area is 111 Å². The first-order valence-corrected chi connectivity index (χ1v) is 6.05. The number of esters is 1. The van der Waals surface area contributed by atoms with Gasteiger partial charge in [0.1, 0.15) is 6.61 Å². The molecule has 1 atom stereocenters. The number of methoxy groups -OCH3 is 1. The van der Waals surface area contributed by atoms with Gasteiger partial charge >= 0.3 is 12.1 Å². The lowest BCUT2D eigenvalue weighted by Crippen LogP contribution is -2.46. The number of carbonyl (C=O) groups is 2. The molecular weight excluding hydrogens is 246 g/mol. The van der Waals surface area contributed by atoms with Crippen LogP contribution in [-0.2, 0) is 9.47 Å². The maximum atomic E-state index is 11.4. The lowest BCUT2D eigenvalue weighted by molar-refractivity contribution is 0.0387. The van der Waals surface area contributed by atoms with Crippen LogP contribution in [0.5, 0.6) is 0 Å². The lowest BCUT2D eigenvalue weighted by atomic mass is 9.80. The minimum Gasteiger partial charge on any atom is -0.465 e. The molecule has 5 heteroatoms. The molecule has 1 saturated heterocycles. The predicted octanol–water partition coefficient (Wildman–Crippen LogP) is 2.28. The molecule has 1 aliphatic rings. The van der Waals surface area contributed by atoms with Gasteiger partial charge in [0.05, 0.1) is 18.7 Å². The van der Waals surface area contributed by atoms with E-state index in [1.165, 1.54) is 7.11 Å². The Bertz CT molecular complexity index is 493. The second kappa shape index (κ2) is 4.91. The number of ether oxygens (including phenoxy) is 2. The molecule has 102 valence electrons. The average Bonchev–Trinajstić information content (AvgIpc) is 2.41. The van der Waals surface area contributed by atoms with E-state index in [-0.39, 0.29) is 17.4 Å². The van der Waals surface area contributed by atoms with Crippen LogP contribution in [0.2, 0.25) is 0 Å². The second-order valence-corrected chi connectivity index (χ2v) is 5.26. The molecule has 0 saturated carbocycles. The normalized spacial score (nSPS) is 21.2. The van der Waals surface area contributed by atoms with E-state index < -0.39 is 6.09 Å². The van der Waals surface area contributed by atoms with Crippen LogP contribution in [0.4, 0.5) is 4.79 Å². The fourth-order valence-electron chi connectivity index (χ4n) is 2.15. The summed E-state index contributed by atoms with van der Waals surface area (Å²) in [7, 11) is 1.35. The van der Waals surface area contributed by atoms with Crippen LogP contribution in [0.25, 0.3) is 0 Å². The number of carbonyl (C=O) groups excluding carboxylic acids is 2. The Balaban J connectivity index is 2.25. The summed E-state index contributed by atoms with van der Waals surface area (Å²) in [4.78, 5) is 22.7. The Morgan fingerprint density at radius 2 is 2.00 bits per heavy atom. The highest BCUT2D eigenvalue weighted by atomic mass is 16.6. The van der Waals surface area contributed by atoms with Crippen molar-refractivity contribution in [2.24, 2.45) is 5.41 Å². The molecule has 1 aliphatic heterocycles. The summed E-state index contributed by atoms with van der Waals surface area (Å²) in [6, 6.07) is 6.90. The summed E-state index contributed by atoms with van der Waals surface area (Å²) in [6.45, 7) is 4.40. The zero-order valence-electron chi connectivity index (χ0n) is 11.2. The Morgan fingerprint density at radius 3 is 2.58 bits per heavy atom. The van der Waals surface area contributed by atoms with Crippen molar-refractivity contribution in [2.45, 2.75) is 19.9 Å². The van der Waals surface area contributed by atoms with Gasteiger partial charge in [-0.25, -0.2) is 9.59 Å². The number of hydrogen-bond acceptors (Lipinski definition) is 4. The smallest absolute Gasteiger partial charge is 0.407 e. The molecule has 1 amide bonds. The third kappa shape index (κ3) is 2.70. The lowest BCUT2D eigenvalue weighted by Gasteiger charge is -2.38. The van der Waals surface area contributed by atoms with Crippen molar-refractivity contribution in [3.8, 4) is 0 Å². The molecule has 0 aliphatic carbocycles. The quantitative estimate of drug-likeness (QED) is 0.831. The Morgan fingerprint density at radius 1 is 1.37 bits per heavy atom. The van der Waals surface area contributed by atoms with Gasteiger partial charge in [-0.3, -0.25) is 0 Å². The van der Waals surface area contributed by atoms with Gasteiger partial charge < -0.3 is 14.8 Å². The number of cyclic esters (lactones) is 1. The molecule has 0 radical (unpaired) electrons. The molecule has 0 aromatic heterocycles. The van der Waals surface area contributed by atoms with E-state index in [0.29, 0.717) is 12.2 Å². The molecule has 1 N–H and O–H groups in total. The van der Waals surface area contributed by atoms with Crippen LogP contribution >= 0.6 is 0 Å². The van der Waals surface area contributed by atoms with E-state index in [4.69, 9.17) is 4.74 Å². The Hall–Kier alpha value is -2.04. The molecule has 1 fully saturated rings. The molecule has 19 heavy (non-hydrogen) atoms. The summed E-state index contributed by atoms with van der Waals surface area (Å²) in [5.74, 6) is -0.373. The highest BCUT2D eigenvalue weighted by Crippen LogP contribution is 2.36. The summed E-state index contributed by atoms with van der Waals surface area (Å²) < 4.78 is 9.65. The SMILES string of the molecule is COC(=O)c1ccc([C@@H]2NC(=O)OCC2(C)C)cc1. The van der Waals surface area contributed by atoms with Crippen molar-refractivity contribution in [3.05, 3.63) is 35.4 Å². The number of hydrogen-bond donors (Lipinski definition) is 1. The first-order chi connectivity index (χ1) is 8.94. The molecule has 0 bridgehead atoms. The van der Waals surface area contributed by atoms with E-state index in [0.717, 1.165) is 5.56 Å². The summed E-state index contributed by atoms with van der Waals surface area (Å²) in [6.07, 6.45) is -0.415. The number of benzene rings is 1. The highest BCUT2D eigenvalue weighted by molar-refractivity contribution is 5.89. The van der Waals surface area contributed by atoms with Crippen molar-refractivity contribution < 1.29 is 19.1 Å². The standard InChI is InChI=1S/C14H17NO4/c1-14(2)8-19-13(17)15-11(14)9-4-6-10(7-5-9)12(16)18-3/h4-7,11H,8H2,1-3H3,(H,15,17)/t11-/m0/s1. The molecule has 1 aromatic carbocycles. The fraction of sp³-hybridized carbons (Fsp3) is 0.429. The van der Waals surface area contributed by atoms with Gasteiger partial charge in [-0.1, -0.05) is 26.0 Å². The van der Waals surface area contributed by atoms with Crippen LogP contribution < -0.4 is 5.32 Å². The van der Waals surface area contributed by atoms with Crippen molar-refractivity contribution in [1.29, 1.82) is 0 Å². The number of alkyl carbamates (subject to hydrolysis) is 1. The molecular formula is C14H17NO4. The fourth-order valence-corrected chi connectivity index (χ4v) is 2.15. The van der Waals surface area contributed by atoms with Crippen molar-refractivity contribution in [1.82, 2.24) is 5.32 Å². The van der Waals surface area contributed by atoms with E-state index in [1.807, 2.05) is 26.0 Å². The van der Waals surface area contributed by atoms with Gasteiger partial charge in [-0.05, 0) is 17.7 Å². The molecule has 1 aromatic rings. The highest BCUT2D eigenvalue weighted by Gasteiger charge is 2.37. The van der Waals surface area contributed by atoms with Crippen molar-refractivity contribution in [2.75, 3.05) is 13.7 Å². The second-order valence-electron chi connectivity index (χ2n) is 5.26. The predicted molar refractivity (Wildman–Crippen MR) is 68.8 cm³/mol. The molecule has 2 rings (SSSR count). The van der Waals surface area contributed by atoms with E-state index in [9.17, 15) is 9.59 Å². The maximum Gasteiger partial charge on any atom is 0.407 e. The summed E-state index contributed by atoms with van der Waals surface area (Å²) in [5, 5.41) is 2.81. The summed E-state index contributed by atoms with van der Waals surface area (Å²) >= 11 is 0. The first kappa shape index (κ1) is 13.4. The number of nitrogens with one attached hydrogen (secondary N) is 1. The maximum absolute atomic E-state index is 11.4. The number of rotatable bonds is 2. The van der Waals surface area contributed by atoms with Gasteiger partial charge in [0.2, 0.25) is 0 Å². The van der Waals surface area contributed by atoms with Crippen LogP contribution in [0.15, 0.2) is 24.3 Å². The summed E-state index contributed by atoms with van der Waals surface area (Å²) in [5.41, 5.74) is 1.22. The largest absolute Gasteiger partial charge is 0.465 e. The zero-order valence-corrected chi connectivity index (χ0v) is 11.2. The number of amides is 1. The minimum absolute atomic E-state index is 0.138. The van der Waals surface area contributed by atoms with E-state index >= 15 is 0 Å². The van der Waals surface area contributed by atoms with E-state index in [2.05, 4.69) is 10.1 Å². The third-order valence-electron chi connectivity index (χ3n) is 3.28. The third-order valence-corrected chi connectivity index (χ3v) is 3.28. The molecule has 0 spiro atoms. The molecule has 0 unspecified atom stereocenters. The minimum atomic E-state index is -0.415. The average molecular weight is 263 g/mol. The monoisotopic (exact) mass is 263 g/mol. The van der Waals surface area contributed by atoms with Crippen molar-refractivity contribution >= 4 is 12.1 Å². The zero-order chi connectivity index (χ0) is 14.0. The Kier molecular flexibility index (Phi) is 3.46. The molecule has 1 heterocycles. The van der Waals surface area contributed by atoms with Gasteiger partial charge in [0, 0.05) is 5.41 Å². The molecule has 5 nitrogen and oxygen atoms in total. The van der Waals surface area contributed by atoms with Crippen LogP contribution in [0.3, 0.4) is 0 Å². The topological polar surface area (TPSA) is 64.6 Å².